The SMILES string of the molecule is O=C1c2ccccc2C(C=NCCO)C(=O)N1c1ccc(Br)cc1. The Balaban J connectivity index is 2.07. The molecule has 0 saturated carbocycles. The normalized spacial score (nSPS) is 17.4. The maximum atomic E-state index is 12.9. The quantitative estimate of drug-likeness (QED) is 0.648. The molecule has 1 unspecified atom stereocenters. The van der Waals surface area contributed by atoms with Gasteiger partial charge in [-0.3, -0.25) is 14.6 Å². The molecule has 24 heavy (non-hydrogen) atoms. The Kier molecular flexibility index (Phi) is 4.87. The summed E-state index contributed by atoms with van der Waals surface area (Å²) in [4.78, 5) is 31.0. The molecule has 0 aromatic heterocycles. The van der Waals surface area contributed by atoms with E-state index >= 15 is 0 Å². The third kappa shape index (κ3) is 3.02. The zero-order chi connectivity index (χ0) is 17.1. The molecule has 6 heteroatoms. The van der Waals surface area contributed by atoms with Crippen molar-refractivity contribution >= 4 is 39.6 Å². The van der Waals surface area contributed by atoms with Crippen LogP contribution in [0.2, 0.25) is 0 Å². The lowest BCUT2D eigenvalue weighted by molar-refractivity contribution is -0.118. The highest BCUT2D eigenvalue weighted by Gasteiger charge is 2.38. The fourth-order valence-corrected chi connectivity index (χ4v) is 2.94. The van der Waals surface area contributed by atoms with Crippen LogP contribution in [0.15, 0.2) is 58.0 Å². The van der Waals surface area contributed by atoms with E-state index in [-0.39, 0.29) is 25.0 Å². The van der Waals surface area contributed by atoms with Crippen LogP contribution in [0.4, 0.5) is 5.69 Å². The van der Waals surface area contributed by atoms with Crippen LogP contribution in [-0.4, -0.2) is 36.3 Å². The molecule has 0 saturated heterocycles. The zero-order valence-electron chi connectivity index (χ0n) is 12.7. The second kappa shape index (κ2) is 7.07. The van der Waals surface area contributed by atoms with Gasteiger partial charge in [0.05, 0.1) is 24.8 Å². The number of hydrogen-bond donors (Lipinski definition) is 1. The Hall–Kier alpha value is -2.31. The second-order valence-corrected chi connectivity index (χ2v) is 6.21. The van der Waals surface area contributed by atoms with Gasteiger partial charge in [0, 0.05) is 16.3 Å². The van der Waals surface area contributed by atoms with Crippen molar-refractivity contribution in [2.45, 2.75) is 5.92 Å². The van der Waals surface area contributed by atoms with Crippen molar-refractivity contribution < 1.29 is 14.7 Å². The fourth-order valence-electron chi connectivity index (χ4n) is 2.67. The van der Waals surface area contributed by atoms with Crippen LogP contribution in [0.1, 0.15) is 21.8 Å². The summed E-state index contributed by atoms with van der Waals surface area (Å²) < 4.78 is 0.865. The van der Waals surface area contributed by atoms with E-state index in [0.29, 0.717) is 16.8 Å². The number of anilines is 1. The van der Waals surface area contributed by atoms with Crippen molar-refractivity contribution in [1.82, 2.24) is 0 Å². The third-order valence-corrected chi connectivity index (χ3v) is 4.31. The Bertz CT molecular complexity index is 802. The van der Waals surface area contributed by atoms with Gasteiger partial charge in [0.1, 0.15) is 0 Å². The number of hydrogen-bond acceptors (Lipinski definition) is 4. The van der Waals surface area contributed by atoms with E-state index in [9.17, 15) is 9.59 Å². The van der Waals surface area contributed by atoms with Crippen molar-refractivity contribution in [2.24, 2.45) is 4.99 Å². The number of carbonyl (C=O) groups excluding carboxylic acids is 2. The topological polar surface area (TPSA) is 70.0 Å². The zero-order valence-corrected chi connectivity index (χ0v) is 14.3. The second-order valence-electron chi connectivity index (χ2n) is 5.30. The number of rotatable bonds is 4. The predicted octanol–water partition coefficient (Wildman–Crippen LogP) is 2.78. The van der Waals surface area contributed by atoms with E-state index in [1.165, 1.54) is 11.1 Å². The van der Waals surface area contributed by atoms with E-state index in [1.54, 1.807) is 48.5 Å². The van der Waals surface area contributed by atoms with Gasteiger partial charge in [0.2, 0.25) is 5.91 Å². The minimum atomic E-state index is -0.644. The highest BCUT2D eigenvalue weighted by molar-refractivity contribution is 9.10. The van der Waals surface area contributed by atoms with Gasteiger partial charge in [-0.05, 0) is 35.9 Å². The first-order chi connectivity index (χ1) is 11.6. The molecule has 0 aliphatic carbocycles. The average Bonchev–Trinajstić information content (AvgIpc) is 2.60. The largest absolute Gasteiger partial charge is 0.394 e. The lowest BCUT2D eigenvalue weighted by Crippen LogP contribution is -2.45. The molecule has 1 heterocycles. The average molecular weight is 387 g/mol. The van der Waals surface area contributed by atoms with E-state index < -0.39 is 5.92 Å². The first kappa shape index (κ1) is 16.5. The summed E-state index contributed by atoms with van der Waals surface area (Å²) in [6.07, 6.45) is 1.51. The smallest absolute Gasteiger partial charge is 0.265 e. The maximum absolute atomic E-state index is 12.9. The Morgan fingerprint density at radius 2 is 1.83 bits per heavy atom. The van der Waals surface area contributed by atoms with Gasteiger partial charge in [-0.1, -0.05) is 34.1 Å². The predicted molar refractivity (Wildman–Crippen MR) is 95.6 cm³/mol. The summed E-state index contributed by atoms with van der Waals surface area (Å²) in [6.45, 7) is 0.132. The molecule has 1 N–H and O–H groups in total. The Labute approximate surface area is 147 Å². The van der Waals surface area contributed by atoms with Crippen LogP contribution in [0.3, 0.4) is 0 Å². The van der Waals surface area contributed by atoms with Crippen molar-refractivity contribution in [2.75, 3.05) is 18.1 Å². The van der Waals surface area contributed by atoms with Crippen molar-refractivity contribution in [3.8, 4) is 0 Å². The lowest BCUT2D eigenvalue weighted by Gasteiger charge is -2.31. The van der Waals surface area contributed by atoms with Crippen LogP contribution < -0.4 is 4.90 Å². The molecule has 2 aromatic carbocycles. The molecule has 0 radical (unpaired) electrons. The van der Waals surface area contributed by atoms with Gasteiger partial charge in [-0.15, -0.1) is 0 Å². The molecule has 122 valence electrons. The number of aliphatic hydroxyl groups is 1. The highest BCUT2D eigenvalue weighted by Crippen LogP contribution is 2.32. The molecule has 0 bridgehead atoms. The third-order valence-electron chi connectivity index (χ3n) is 3.78. The number of fused-ring (bicyclic) bond motifs is 1. The molecular weight excluding hydrogens is 372 g/mol. The maximum Gasteiger partial charge on any atom is 0.265 e. The van der Waals surface area contributed by atoms with Gasteiger partial charge >= 0.3 is 0 Å². The molecule has 1 atom stereocenters. The Morgan fingerprint density at radius 1 is 1.12 bits per heavy atom. The van der Waals surface area contributed by atoms with Crippen LogP contribution in [0, 0.1) is 0 Å². The molecule has 5 nitrogen and oxygen atoms in total. The van der Waals surface area contributed by atoms with Crippen LogP contribution in [-0.2, 0) is 4.79 Å². The standard InChI is InChI=1S/C18H15BrN2O3/c19-12-5-7-13(8-6-12)21-17(23)15-4-2-1-3-14(15)16(18(21)24)11-20-9-10-22/h1-8,11,16,22H,9-10H2. The molecule has 2 aromatic rings. The highest BCUT2D eigenvalue weighted by atomic mass is 79.9. The first-order valence-electron chi connectivity index (χ1n) is 7.47. The minimum absolute atomic E-state index is 0.0889. The number of aliphatic imine (C=N–C) groups is 1. The van der Waals surface area contributed by atoms with Gasteiger partial charge in [0.15, 0.2) is 0 Å². The first-order valence-corrected chi connectivity index (χ1v) is 8.26. The van der Waals surface area contributed by atoms with E-state index in [2.05, 4.69) is 20.9 Å². The van der Waals surface area contributed by atoms with Crippen LogP contribution in [0.25, 0.3) is 0 Å². The molecule has 1 aliphatic heterocycles. The molecule has 0 fully saturated rings. The van der Waals surface area contributed by atoms with E-state index in [0.717, 1.165) is 4.47 Å². The molecule has 3 rings (SSSR count). The minimum Gasteiger partial charge on any atom is -0.394 e. The van der Waals surface area contributed by atoms with E-state index in [4.69, 9.17) is 5.11 Å². The number of nitrogens with zero attached hydrogens (tertiary/aromatic N) is 2. The number of halogens is 1. The summed E-state index contributed by atoms with van der Waals surface area (Å²) in [5.74, 6) is -1.33. The molecule has 2 amide bonds. The summed E-state index contributed by atoms with van der Waals surface area (Å²) in [6, 6.07) is 14.0. The number of carbonyl (C=O) groups is 2. The molecular formula is C18H15BrN2O3. The molecule has 1 aliphatic rings. The molecule has 0 spiro atoms. The van der Waals surface area contributed by atoms with Crippen molar-refractivity contribution in [3.63, 3.8) is 0 Å². The summed E-state index contributed by atoms with van der Waals surface area (Å²) >= 11 is 3.35. The van der Waals surface area contributed by atoms with Gasteiger partial charge < -0.3 is 5.11 Å². The Morgan fingerprint density at radius 3 is 2.54 bits per heavy atom. The van der Waals surface area contributed by atoms with E-state index in [1.807, 2.05) is 0 Å². The van der Waals surface area contributed by atoms with Gasteiger partial charge in [-0.2, -0.15) is 0 Å². The monoisotopic (exact) mass is 386 g/mol. The van der Waals surface area contributed by atoms with Crippen molar-refractivity contribution in [1.29, 1.82) is 0 Å². The summed E-state index contributed by atoms with van der Waals surface area (Å²) in [7, 11) is 0. The van der Waals surface area contributed by atoms with Gasteiger partial charge in [-0.25, -0.2) is 4.90 Å². The van der Waals surface area contributed by atoms with Crippen molar-refractivity contribution in [3.05, 3.63) is 64.1 Å². The summed E-state index contributed by atoms with van der Waals surface area (Å²) in [5, 5.41) is 8.89. The number of aliphatic hydroxyl groups excluding tert-OH is 1. The number of benzene rings is 2. The number of imide groups is 1. The van der Waals surface area contributed by atoms with Gasteiger partial charge in [0.25, 0.3) is 5.91 Å². The summed E-state index contributed by atoms with van der Waals surface area (Å²) in [5.41, 5.74) is 1.64. The van der Waals surface area contributed by atoms with Crippen LogP contribution >= 0.6 is 15.9 Å². The number of amides is 2. The van der Waals surface area contributed by atoms with Crippen LogP contribution in [0.5, 0.6) is 0 Å². The lowest BCUT2D eigenvalue weighted by atomic mass is 9.89. The fraction of sp³-hybridized carbons (Fsp3) is 0.167.